The summed E-state index contributed by atoms with van der Waals surface area (Å²) in [5.41, 5.74) is 7.39. The Balaban J connectivity index is 0.000000294. The molecule has 1 aromatic carbocycles. The molecule has 0 saturated heterocycles. The largest absolute Gasteiger partial charge is 0.443 e. The van der Waals surface area contributed by atoms with E-state index in [1.54, 1.807) is 18.3 Å². The Morgan fingerprint density at radius 2 is 1.85 bits per heavy atom. The average molecular weight is 489 g/mol. The number of benzene rings is 1. The molecule has 0 radical (unpaired) electrons. The van der Waals surface area contributed by atoms with Crippen LogP contribution < -0.4 is 20.9 Å². The third-order valence-corrected chi connectivity index (χ3v) is 5.30. The van der Waals surface area contributed by atoms with Crippen LogP contribution in [0.3, 0.4) is 0 Å². The van der Waals surface area contributed by atoms with Crippen molar-refractivity contribution in [1.29, 1.82) is 0 Å². The predicted molar refractivity (Wildman–Crippen MR) is 133 cm³/mol. The van der Waals surface area contributed by atoms with Gasteiger partial charge in [0, 0.05) is 42.2 Å². The van der Waals surface area contributed by atoms with Gasteiger partial charge in [0.2, 0.25) is 5.91 Å². The molecule has 0 bridgehead atoms. The fraction of sp³-hybridized carbons (Fsp3) is 0.273. The fourth-order valence-corrected chi connectivity index (χ4v) is 3.60. The maximum Gasteiger partial charge on any atom is 0.404 e. The number of nitrogens with two attached hydrogens (primary N) is 2. The number of pyridine rings is 1. The summed E-state index contributed by atoms with van der Waals surface area (Å²) in [6.45, 7) is 1.01. The van der Waals surface area contributed by atoms with E-state index in [4.69, 9.17) is 10.9 Å². The van der Waals surface area contributed by atoms with Gasteiger partial charge < -0.3 is 15.8 Å². The lowest BCUT2D eigenvalue weighted by Gasteiger charge is -2.02. The summed E-state index contributed by atoms with van der Waals surface area (Å²) in [4.78, 5) is 30.4. The van der Waals surface area contributed by atoms with Crippen molar-refractivity contribution in [3.8, 4) is 11.3 Å². The molecule has 0 saturated carbocycles. The van der Waals surface area contributed by atoms with E-state index < -0.39 is 6.09 Å². The number of thiazole rings is 1. The summed E-state index contributed by atoms with van der Waals surface area (Å²) in [5.74, 6) is 0.0233. The van der Waals surface area contributed by atoms with Gasteiger partial charge in [-0.3, -0.25) is 19.6 Å². The Labute approximate surface area is 201 Å². The smallest absolute Gasteiger partial charge is 0.404 e. The van der Waals surface area contributed by atoms with E-state index in [1.807, 2.05) is 41.8 Å². The third-order valence-electron chi connectivity index (χ3n) is 4.17. The van der Waals surface area contributed by atoms with Crippen LogP contribution in [-0.4, -0.2) is 28.5 Å². The van der Waals surface area contributed by atoms with E-state index in [9.17, 15) is 9.59 Å². The molecule has 2 heterocycles. The molecule has 0 aliphatic carbocycles. The second kappa shape index (κ2) is 15.8. The maximum atomic E-state index is 11.9. The Morgan fingerprint density at radius 3 is 2.55 bits per heavy atom. The van der Waals surface area contributed by atoms with Crippen molar-refractivity contribution in [2.24, 2.45) is 10.9 Å². The minimum absolute atomic E-state index is 0.0233. The van der Waals surface area contributed by atoms with Crippen LogP contribution in [0.25, 0.3) is 11.3 Å². The molecule has 3 aromatic rings. The van der Waals surface area contributed by atoms with Gasteiger partial charge in [0.15, 0.2) is 5.13 Å². The van der Waals surface area contributed by atoms with Crippen LogP contribution >= 0.6 is 23.5 Å². The van der Waals surface area contributed by atoms with Crippen LogP contribution in [0.4, 0.5) is 9.93 Å². The quantitative estimate of drug-likeness (QED) is 0.233. The lowest BCUT2D eigenvalue weighted by molar-refractivity contribution is -0.116. The molecule has 0 atom stereocenters. The minimum atomic E-state index is -0.782. The fourth-order valence-electron chi connectivity index (χ4n) is 2.60. The van der Waals surface area contributed by atoms with Gasteiger partial charge in [0.05, 0.1) is 11.4 Å². The number of primary amides is 1. The van der Waals surface area contributed by atoms with Gasteiger partial charge in [-0.05, 0) is 25.0 Å². The van der Waals surface area contributed by atoms with Crippen molar-refractivity contribution in [2.45, 2.75) is 32.3 Å². The Morgan fingerprint density at radius 1 is 1.06 bits per heavy atom. The Hall–Kier alpha value is -2.99. The zero-order valence-electron chi connectivity index (χ0n) is 18.1. The van der Waals surface area contributed by atoms with E-state index >= 15 is 0 Å². The van der Waals surface area contributed by atoms with Gasteiger partial charge in [-0.25, -0.2) is 9.78 Å². The van der Waals surface area contributed by atoms with E-state index in [2.05, 4.69) is 24.7 Å². The van der Waals surface area contributed by atoms with Crippen LogP contribution in [0.1, 0.15) is 31.4 Å². The number of hydrogen-bond donors (Lipinski definition) is 4. The van der Waals surface area contributed by atoms with Crippen LogP contribution in [0, 0.1) is 0 Å². The van der Waals surface area contributed by atoms with Gasteiger partial charge >= 0.3 is 6.09 Å². The molecule has 0 fully saturated rings. The van der Waals surface area contributed by atoms with Crippen molar-refractivity contribution in [2.75, 3.05) is 11.9 Å². The van der Waals surface area contributed by atoms with Crippen molar-refractivity contribution in [3.63, 3.8) is 0 Å². The number of carbonyl (C=O) groups excluding carboxylic acids is 2. The molecule has 33 heavy (non-hydrogen) atoms. The van der Waals surface area contributed by atoms with Crippen molar-refractivity contribution in [3.05, 3.63) is 65.8 Å². The van der Waals surface area contributed by atoms with Crippen molar-refractivity contribution < 1.29 is 14.3 Å². The molecule has 2 aromatic heterocycles. The highest BCUT2D eigenvalue weighted by atomic mass is 32.2. The number of ether oxygens (including phenoxy) is 1. The first-order valence-corrected chi connectivity index (χ1v) is 12.1. The predicted octanol–water partition coefficient (Wildman–Crippen LogP) is 4.10. The summed E-state index contributed by atoms with van der Waals surface area (Å²) in [5, 5.41) is 10.7. The molecular weight excluding hydrogens is 460 g/mol. The first-order valence-electron chi connectivity index (χ1n) is 10.3. The first kappa shape index (κ1) is 26.3. The number of hydrogen-bond acceptors (Lipinski definition) is 9. The van der Waals surface area contributed by atoms with Gasteiger partial charge in [-0.2, -0.15) is 0 Å². The lowest BCUT2D eigenvalue weighted by atomic mass is 10.2. The second-order valence-electron chi connectivity index (χ2n) is 6.70. The molecule has 6 N–H and O–H groups in total. The molecule has 0 aliphatic rings. The zero-order valence-corrected chi connectivity index (χ0v) is 19.7. The number of unbranched alkanes of at least 4 members (excludes halogenated alkanes) is 2. The molecule has 3 rings (SSSR count). The molecular formula is C22H28N6O3S2. The molecule has 0 aliphatic heterocycles. The molecule has 176 valence electrons. The van der Waals surface area contributed by atoms with Crippen molar-refractivity contribution >= 4 is 40.6 Å². The number of anilines is 1. The minimum Gasteiger partial charge on any atom is -0.443 e. The number of nitrogens with one attached hydrogen (secondary N) is 2. The van der Waals surface area contributed by atoms with Gasteiger partial charge in [-0.15, -0.1) is 11.3 Å². The Kier molecular flexibility index (Phi) is 12.5. The number of carbonyl (C=O) groups is 2. The molecule has 2 amide bonds. The third kappa shape index (κ3) is 11.4. The average Bonchev–Trinajstić information content (AvgIpc) is 3.30. The van der Waals surface area contributed by atoms with Crippen LogP contribution in [-0.2, 0) is 16.1 Å². The lowest BCUT2D eigenvalue weighted by Crippen LogP contribution is -2.12. The van der Waals surface area contributed by atoms with E-state index in [0.717, 1.165) is 49.2 Å². The second-order valence-corrected chi connectivity index (χ2v) is 8.09. The SMILES string of the molecule is NC(=O)OCc1ccccn1.NSNCCCCCC(=O)Nc1nc(-c2ccccc2)cs1. The van der Waals surface area contributed by atoms with Crippen molar-refractivity contribution in [1.82, 2.24) is 14.7 Å². The van der Waals surface area contributed by atoms with E-state index in [0.29, 0.717) is 17.2 Å². The van der Waals surface area contributed by atoms with Gasteiger partial charge in [0.1, 0.15) is 6.61 Å². The maximum absolute atomic E-state index is 11.9. The van der Waals surface area contributed by atoms with E-state index in [1.165, 1.54) is 11.3 Å². The van der Waals surface area contributed by atoms with E-state index in [-0.39, 0.29) is 12.5 Å². The zero-order chi connectivity index (χ0) is 23.7. The summed E-state index contributed by atoms with van der Waals surface area (Å²) < 4.78 is 7.48. The topological polar surface area (TPSA) is 145 Å². The number of amides is 2. The molecule has 9 nitrogen and oxygen atoms in total. The number of nitrogens with zero attached hydrogens (tertiary/aromatic N) is 2. The number of rotatable bonds is 11. The van der Waals surface area contributed by atoms with Crippen LogP contribution in [0.2, 0.25) is 0 Å². The highest BCUT2D eigenvalue weighted by Crippen LogP contribution is 2.24. The molecule has 0 spiro atoms. The molecule has 11 heteroatoms. The normalized spacial score (nSPS) is 10.1. The summed E-state index contributed by atoms with van der Waals surface area (Å²) in [6.07, 6.45) is 4.27. The first-order chi connectivity index (χ1) is 16.1. The summed E-state index contributed by atoms with van der Waals surface area (Å²) in [7, 11) is 0. The Bertz CT molecular complexity index is 957. The highest BCUT2D eigenvalue weighted by molar-refractivity contribution is 7.95. The van der Waals surface area contributed by atoms with Crippen LogP contribution in [0.5, 0.6) is 0 Å². The van der Waals surface area contributed by atoms with Gasteiger partial charge in [-0.1, -0.05) is 42.8 Å². The number of aromatic nitrogens is 2. The van der Waals surface area contributed by atoms with Gasteiger partial charge in [0.25, 0.3) is 0 Å². The molecule has 0 unspecified atom stereocenters. The van der Waals surface area contributed by atoms with Crippen LogP contribution in [0.15, 0.2) is 60.1 Å². The highest BCUT2D eigenvalue weighted by Gasteiger charge is 2.07. The summed E-state index contributed by atoms with van der Waals surface area (Å²) >= 11 is 2.59. The standard InChI is InChI=1S/C15H20N4OS2.C7H8N2O2/c16-22-17-10-6-2-5-9-14(20)19-15-18-13(11-21-15)12-7-3-1-4-8-12;8-7(10)11-5-6-3-1-2-4-9-6/h1,3-4,7-8,11,17H,2,5-6,9-10,16H2,(H,18,19,20);1-4H,5H2,(H2,8,10). The summed E-state index contributed by atoms with van der Waals surface area (Å²) in [6, 6.07) is 15.3. The monoisotopic (exact) mass is 488 g/mol.